The lowest BCUT2D eigenvalue weighted by Crippen LogP contribution is -2.67. The molecule has 4 nitrogen and oxygen atoms in total. The predicted molar refractivity (Wildman–Crippen MR) is 113 cm³/mol. The molecule has 156 valence electrons. The van der Waals surface area contributed by atoms with Crippen molar-refractivity contribution in [3.8, 4) is 0 Å². The highest BCUT2D eigenvalue weighted by Gasteiger charge is 2.69. The summed E-state index contributed by atoms with van der Waals surface area (Å²) < 4.78 is 0. The molecular formula is C23H35NO3S. The largest absolute Gasteiger partial charge is 0.393 e. The normalized spacial score (nSPS) is 50.1. The lowest BCUT2D eigenvalue weighted by molar-refractivity contribution is -0.139. The second-order valence-electron chi connectivity index (χ2n) is 10.4. The molecule has 0 saturated heterocycles. The Morgan fingerprint density at radius 3 is 2.54 bits per heavy atom. The maximum absolute atomic E-state index is 13.0. The lowest BCUT2D eigenvalue weighted by Gasteiger charge is -2.59. The Balaban J connectivity index is 1.74. The van der Waals surface area contributed by atoms with Crippen molar-refractivity contribution in [2.24, 2.45) is 28.6 Å². The highest BCUT2D eigenvalue weighted by atomic mass is 32.1. The van der Waals surface area contributed by atoms with Gasteiger partial charge in [-0.25, -0.2) is 0 Å². The summed E-state index contributed by atoms with van der Waals surface area (Å²) in [6.07, 6.45) is 8.89. The number of amides is 1. The van der Waals surface area contributed by atoms with Gasteiger partial charge in [-0.1, -0.05) is 25.5 Å². The highest BCUT2D eigenvalue weighted by Crippen LogP contribution is 2.67. The molecule has 0 aromatic heterocycles. The average molecular weight is 406 g/mol. The van der Waals surface area contributed by atoms with E-state index in [0.29, 0.717) is 17.8 Å². The monoisotopic (exact) mass is 405 g/mol. The molecular weight excluding hydrogens is 370 g/mol. The summed E-state index contributed by atoms with van der Waals surface area (Å²) in [5.74, 6) is 1.40. The van der Waals surface area contributed by atoms with Crippen LogP contribution in [0.25, 0.3) is 0 Å². The molecule has 8 atom stereocenters. The number of aliphatic hydroxyl groups is 1. The van der Waals surface area contributed by atoms with E-state index in [-0.39, 0.29) is 33.9 Å². The topological polar surface area (TPSA) is 66.4 Å². The zero-order valence-corrected chi connectivity index (χ0v) is 18.5. The van der Waals surface area contributed by atoms with E-state index < -0.39 is 5.54 Å². The quantitative estimate of drug-likeness (QED) is 0.485. The number of thiol groups is 1. The van der Waals surface area contributed by atoms with Gasteiger partial charge in [0.25, 0.3) is 0 Å². The molecule has 0 spiro atoms. The van der Waals surface area contributed by atoms with Gasteiger partial charge >= 0.3 is 0 Å². The number of hydrogen-bond acceptors (Lipinski definition) is 4. The van der Waals surface area contributed by atoms with Gasteiger partial charge in [0.15, 0.2) is 5.78 Å². The Morgan fingerprint density at radius 1 is 1.18 bits per heavy atom. The number of carbonyl (C=O) groups excluding carboxylic acids is 2. The van der Waals surface area contributed by atoms with Crippen molar-refractivity contribution in [3.63, 3.8) is 0 Å². The van der Waals surface area contributed by atoms with Gasteiger partial charge in [-0.2, -0.15) is 12.6 Å². The number of hydrogen-bond donors (Lipinski definition) is 3. The molecule has 4 aliphatic carbocycles. The summed E-state index contributed by atoms with van der Waals surface area (Å²) in [7, 11) is 0. The molecule has 0 heterocycles. The second kappa shape index (κ2) is 6.60. The standard InChI is InChI=1S/C23H35NO3S/c1-13(25)23(24-14(2)26)20(28)12-19-17-6-5-15-11-16(27)7-9-21(15,3)18(17)8-10-22(19,23)4/h5,16-20,27-28H,6-12H2,1-4H3,(H,24,26)/t16-,17?,18?,19?,20-,21-,22-,23+/m0/s1. The van der Waals surface area contributed by atoms with Gasteiger partial charge in [0.1, 0.15) is 5.54 Å². The maximum Gasteiger partial charge on any atom is 0.217 e. The number of rotatable bonds is 2. The minimum atomic E-state index is -0.870. The van der Waals surface area contributed by atoms with Gasteiger partial charge in [-0.3, -0.25) is 9.59 Å². The fraction of sp³-hybridized carbons (Fsp3) is 0.826. The first-order valence-corrected chi connectivity index (χ1v) is 11.4. The van der Waals surface area contributed by atoms with Crippen LogP contribution < -0.4 is 5.32 Å². The Kier molecular flexibility index (Phi) is 4.82. The van der Waals surface area contributed by atoms with E-state index in [0.717, 1.165) is 44.9 Å². The fourth-order valence-corrected chi connectivity index (χ4v) is 8.68. The molecule has 3 saturated carbocycles. The minimum Gasteiger partial charge on any atom is -0.393 e. The van der Waals surface area contributed by atoms with E-state index in [9.17, 15) is 14.7 Å². The van der Waals surface area contributed by atoms with Gasteiger partial charge in [-0.05, 0) is 75.0 Å². The molecule has 5 heteroatoms. The summed E-state index contributed by atoms with van der Waals surface area (Å²) in [5.41, 5.74) is 0.501. The Labute approximate surface area is 174 Å². The molecule has 3 unspecified atom stereocenters. The zero-order valence-electron chi connectivity index (χ0n) is 17.6. The number of fused-ring (bicyclic) bond motifs is 5. The van der Waals surface area contributed by atoms with Crippen LogP contribution in [0, 0.1) is 28.6 Å². The van der Waals surface area contributed by atoms with Crippen molar-refractivity contribution in [1.29, 1.82) is 0 Å². The van der Waals surface area contributed by atoms with E-state index in [4.69, 9.17) is 12.6 Å². The van der Waals surface area contributed by atoms with Gasteiger partial charge < -0.3 is 10.4 Å². The Morgan fingerprint density at radius 2 is 1.89 bits per heavy atom. The summed E-state index contributed by atoms with van der Waals surface area (Å²) in [6.45, 7) is 7.77. The smallest absolute Gasteiger partial charge is 0.217 e. The molecule has 0 aliphatic heterocycles. The van der Waals surface area contributed by atoms with Crippen LogP contribution in [0.2, 0.25) is 0 Å². The van der Waals surface area contributed by atoms with Crippen LogP contribution in [0.5, 0.6) is 0 Å². The first-order chi connectivity index (χ1) is 13.1. The molecule has 4 rings (SSSR count). The highest BCUT2D eigenvalue weighted by molar-refractivity contribution is 7.81. The van der Waals surface area contributed by atoms with Gasteiger partial charge in [0.05, 0.1) is 6.10 Å². The number of Topliss-reactive ketones (excluding diaryl/α,β-unsaturated/α-hetero) is 1. The SMILES string of the molecule is CC(=O)N[C@]1(C(C)=O)[C@@H](S)CC2C3CC=C4C[C@@H](O)CC[C@]4(C)C3CC[C@@]21C. The van der Waals surface area contributed by atoms with E-state index >= 15 is 0 Å². The molecule has 28 heavy (non-hydrogen) atoms. The van der Waals surface area contributed by atoms with Crippen molar-refractivity contribution in [2.75, 3.05) is 0 Å². The second-order valence-corrected chi connectivity index (χ2v) is 11.0. The molecule has 2 N–H and O–H groups in total. The lowest BCUT2D eigenvalue weighted by atomic mass is 9.46. The minimum absolute atomic E-state index is 0.0465. The third-order valence-electron chi connectivity index (χ3n) is 9.27. The van der Waals surface area contributed by atoms with Gasteiger partial charge in [-0.15, -0.1) is 0 Å². The first kappa shape index (κ1) is 20.5. The van der Waals surface area contributed by atoms with Crippen LogP contribution in [0.3, 0.4) is 0 Å². The molecule has 0 radical (unpaired) electrons. The van der Waals surface area contributed by atoms with E-state index in [1.165, 1.54) is 12.5 Å². The zero-order chi connectivity index (χ0) is 20.5. The number of aliphatic hydroxyl groups excluding tert-OH is 1. The maximum atomic E-state index is 13.0. The van der Waals surface area contributed by atoms with Crippen LogP contribution in [0.15, 0.2) is 11.6 Å². The molecule has 4 aliphatic rings. The summed E-state index contributed by atoms with van der Waals surface area (Å²) in [6, 6.07) is 0. The van der Waals surface area contributed by atoms with Gasteiger partial charge in [0.2, 0.25) is 5.91 Å². The van der Waals surface area contributed by atoms with Crippen LogP contribution >= 0.6 is 12.6 Å². The average Bonchev–Trinajstić information content (AvgIpc) is 2.83. The third-order valence-corrected chi connectivity index (χ3v) is 9.87. The van der Waals surface area contributed by atoms with E-state index in [1.807, 2.05) is 0 Å². The molecule has 1 amide bonds. The molecule has 0 bridgehead atoms. The van der Waals surface area contributed by atoms with Crippen molar-refractivity contribution in [2.45, 2.75) is 89.5 Å². The number of ketones is 1. The van der Waals surface area contributed by atoms with Crippen LogP contribution in [-0.2, 0) is 9.59 Å². The summed E-state index contributed by atoms with van der Waals surface area (Å²) >= 11 is 4.89. The molecule has 0 aromatic rings. The third kappa shape index (κ3) is 2.54. The van der Waals surface area contributed by atoms with Crippen LogP contribution in [0.1, 0.15) is 72.6 Å². The molecule has 3 fully saturated rings. The number of carbonyl (C=O) groups is 2. The fourth-order valence-electron chi connectivity index (χ4n) is 7.91. The van der Waals surface area contributed by atoms with Crippen LogP contribution in [0.4, 0.5) is 0 Å². The summed E-state index contributed by atoms with van der Waals surface area (Å²) in [4.78, 5) is 25.1. The number of allylic oxidation sites excluding steroid dienone is 1. The van der Waals surface area contributed by atoms with Crippen molar-refractivity contribution < 1.29 is 14.7 Å². The van der Waals surface area contributed by atoms with Crippen molar-refractivity contribution in [1.82, 2.24) is 5.32 Å². The van der Waals surface area contributed by atoms with Gasteiger partial charge in [0, 0.05) is 17.6 Å². The Bertz CT molecular complexity index is 735. The van der Waals surface area contributed by atoms with Crippen molar-refractivity contribution in [3.05, 3.63) is 11.6 Å². The summed E-state index contributed by atoms with van der Waals surface area (Å²) in [5, 5.41) is 13.1. The molecule has 0 aromatic carbocycles. The number of nitrogens with one attached hydrogen (secondary N) is 1. The van der Waals surface area contributed by atoms with E-state index in [1.54, 1.807) is 6.92 Å². The Hall–Kier alpha value is -0.810. The van der Waals surface area contributed by atoms with E-state index in [2.05, 4.69) is 25.2 Å². The first-order valence-electron chi connectivity index (χ1n) is 10.9. The predicted octanol–water partition coefficient (Wildman–Crippen LogP) is 3.68. The van der Waals surface area contributed by atoms with Crippen molar-refractivity contribution >= 4 is 24.3 Å². The van der Waals surface area contributed by atoms with Crippen LogP contribution in [-0.4, -0.2) is 33.7 Å².